The van der Waals surface area contributed by atoms with E-state index < -0.39 is 22.9 Å². The Bertz CT molecular complexity index is 814. The van der Waals surface area contributed by atoms with Gasteiger partial charge in [-0.1, -0.05) is 0 Å². The lowest BCUT2D eigenvalue weighted by atomic mass is 10.2. The lowest BCUT2D eigenvalue weighted by Gasteiger charge is -2.15. The molecule has 2 aromatic rings. The molecule has 0 radical (unpaired) electrons. The van der Waals surface area contributed by atoms with Crippen LogP contribution in [0.5, 0.6) is 5.75 Å². The molecule has 1 atom stereocenters. The van der Waals surface area contributed by atoms with Crippen molar-refractivity contribution >= 4 is 23.3 Å². The summed E-state index contributed by atoms with van der Waals surface area (Å²) in [7, 11) is 3.05. The van der Waals surface area contributed by atoms with Crippen LogP contribution in [-0.4, -0.2) is 34.6 Å². The molecule has 0 saturated carbocycles. The Morgan fingerprint density at radius 1 is 1.32 bits per heavy atom. The number of nitro benzene ring substituents is 1. The van der Waals surface area contributed by atoms with Gasteiger partial charge in [0.25, 0.3) is 11.6 Å². The van der Waals surface area contributed by atoms with E-state index in [1.807, 2.05) is 0 Å². The molecule has 0 unspecified atom stereocenters. The quantitative estimate of drug-likeness (QED) is 0.486. The van der Waals surface area contributed by atoms with Crippen molar-refractivity contribution in [2.24, 2.45) is 7.05 Å². The van der Waals surface area contributed by atoms with E-state index >= 15 is 0 Å². The molecule has 0 aliphatic heterocycles. The van der Waals surface area contributed by atoms with Gasteiger partial charge in [-0.2, -0.15) is 0 Å². The molecule has 9 nitrogen and oxygen atoms in total. The summed E-state index contributed by atoms with van der Waals surface area (Å²) in [5.74, 6) is -1.04. The van der Waals surface area contributed by atoms with Crippen molar-refractivity contribution in [2.45, 2.75) is 13.0 Å². The summed E-state index contributed by atoms with van der Waals surface area (Å²) in [5.41, 5.74) is 0.209. The number of nitro groups is 1. The van der Waals surface area contributed by atoms with Gasteiger partial charge in [0.1, 0.15) is 11.4 Å². The van der Waals surface area contributed by atoms with Gasteiger partial charge in [-0.05, 0) is 25.1 Å². The van der Waals surface area contributed by atoms with Gasteiger partial charge in [-0.3, -0.25) is 14.9 Å². The van der Waals surface area contributed by atoms with Gasteiger partial charge in [0.05, 0.1) is 17.7 Å². The third-order valence-electron chi connectivity index (χ3n) is 3.46. The van der Waals surface area contributed by atoms with E-state index in [-0.39, 0.29) is 17.1 Å². The molecular weight excluding hydrogens is 330 g/mol. The Labute approximate surface area is 143 Å². The number of ether oxygens (including phenoxy) is 2. The molecule has 0 bridgehead atoms. The van der Waals surface area contributed by atoms with Crippen LogP contribution in [-0.2, 0) is 16.6 Å². The van der Waals surface area contributed by atoms with Gasteiger partial charge in [0.2, 0.25) is 0 Å². The van der Waals surface area contributed by atoms with Crippen LogP contribution < -0.4 is 10.1 Å². The zero-order chi connectivity index (χ0) is 18.6. The van der Waals surface area contributed by atoms with E-state index in [4.69, 9.17) is 9.47 Å². The van der Waals surface area contributed by atoms with Gasteiger partial charge in [-0.15, -0.1) is 0 Å². The third-order valence-corrected chi connectivity index (χ3v) is 3.46. The number of benzene rings is 1. The first-order valence-electron chi connectivity index (χ1n) is 7.29. The van der Waals surface area contributed by atoms with Crippen LogP contribution in [0.3, 0.4) is 0 Å². The number of hydrogen-bond donors (Lipinski definition) is 1. The molecule has 1 aromatic heterocycles. The zero-order valence-corrected chi connectivity index (χ0v) is 13.9. The monoisotopic (exact) mass is 347 g/mol. The molecule has 0 saturated heterocycles. The van der Waals surface area contributed by atoms with E-state index in [0.29, 0.717) is 5.69 Å². The summed E-state index contributed by atoms with van der Waals surface area (Å²) in [6.07, 6.45) is 0.571. The Morgan fingerprint density at radius 3 is 2.60 bits per heavy atom. The van der Waals surface area contributed by atoms with Crippen molar-refractivity contribution in [1.29, 1.82) is 0 Å². The Kier molecular flexibility index (Phi) is 5.38. The first kappa shape index (κ1) is 18.0. The Morgan fingerprint density at radius 2 is 2.04 bits per heavy atom. The maximum atomic E-state index is 12.2. The van der Waals surface area contributed by atoms with Crippen molar-refractivity contribution in [3.8, 4) is 5.75 Å². The summed E-state index contributed by atoms with van der Waals surface area (Å²) in [4.78, 5) is 34.5. The highest BCUT2D eigenvalue weighted by atomic mass is 16.6. The van der Waals surface area contributed by atoms with Gasteiger partial charge in [0.15, 0.2) is 6.10 Å². The summed E-state index contributed by atoms with van der Waals surface area (Å²) >= 11 is 0. The van der Waals surface area contributed by atoms with Gasteiger partial charge in [-0.25, -0.2) is 4.79 Å². The van der Waals surface area contributed by atoms with Crippen LogP contribution in [0.25, 0.3) is 0 Å². The maximum Gasteiger partial charge on any atom is 0.355 e. The van der Waals surface area contributed by atoms with E-state index in [1.54, 1.807) is 29.9 Å². The Hall–Kier alpha value is -3.36. The van der Waals surface area contributed by atoms with Crippen molar-refractivity contribution < 1.29 is 24.0 Å². The first-order valence-corrected chi connectivity index (χ1v) is 7.29. The number of carbonyl (C=O) groups excluding carboxylic acids is 2. The molecule has 9 heteroatoms. The number of aryl methyl sites for hydroxylation is 1. The molecule has 1 aromatic carbocycles. The largest absolute Gasteiger partial charge is 0.495 e. The molecule has 1 heterocycles. The fourth-order valence-electron chi connectivity index (χ4n) is 2.09. The van der Waals surface area contributed by atoms with Gasteiger partial charge in [0, 0.05) is 25.4 Å². The number of carbonyl (C=O) groups is 2. The number of nitrogens with one attached hydrogen (secondary N) is 1. The molecule has 2 rings (SSSR count). The minimum atomic E-state index is -1.11. The second kappa shape index (κ2) is 7.47. The van der Waals surface area contributed by atoms with Crippen LogP contribution in [0.4, 0.5) is 11.4 Å². The molecule has 0 aliphatic rings. The second-order valence-corrected chi connectivity index (χ2v) is 5.18. The number of non-ortho nitro benzene ring substituents is 1. The van der Waals surface area contributed by atoms with Crippen molar-refractivity contribution in [3.05, 3.63) is 52.3 Å². The standard InChI is InChI=1S/C16H17N3O6/c1-10(25-16(21)13-5-4-8-18(13)2)15(20)17-12-9-11(19(22)23)6-7-14(12)24-3/h4-10H,1-3H3,(H,17,20)/t10-/m1/s1. The molecule has 0 fully saturated rings. The molecule has 1 amide bonds. The summed E-state index contributed by atoms with van der Waals surface area (Å²) < 4.78 is 11.7. The lowest BCUT2D eigenvalue weighted by Crippen LogP contribution is -2.30. The number of nitrogens with zero attached hydrogens (tertiary/aromatic N) is 2. The third kappa shape index (κ3) is 4.14. The van der Waals surface area contributed by atoms with Crippen LogP contribution in [0.15, 0.2) is 36.5 Å². The lowest BCUT2D eigenvalue weighted by molar-refractivity contribution is -0.384. The Balaban J connectivity index is 2.10. The van der Waals surface area contributed by atoms with Crippen molar-refractivity contribution in [3.63, 3.8) is 0 Å². The normalized spacial score (nSPS) is 11.5. The minimum absolute atomic E-state index is 0.114. The van der Waals surface area contributed by atoms with Gasteiger partial charge >= 0.3 is 5.97 Å². The first-order chi connectivity index (χ1) is 11.8. The molecule has 1 N–H and O–H groups in total. The maximum absolute atomic E-state index is 12.2. The number of amides is 1. The average Bonchev–Trinajstić information content (AvgIpc) is 3.00. The van der Waals surface area contributed by atoms with Gasteiger partial charge < -0.3 is 19.4 Å². The van der Waals surface area contributed by atoms with Crippen molar-refractivity contribution in [1.82, 2.24) is 4.57 Å². The zero-order valence-electron chi connectivity index (χ0n) is 13.9. The summed E-state index contributed by atoms with van der Waals surface area (Å²) in [5, 5.41) is 13.3. The molecule has 132 valence electrons. The number of esters is 1. The molecule has 25 heavy (non-hydrogen) atoms. The molecule has 0 aliphatic carbocycles. The number of rotatable bonds is 6. The topological polar surface area (TPSA) is 113 Å². The molecule has 0 spiro atoms. The number of hydrogen-bond acceptors (Lipinski definition) is 6. The fraction of sp³-hybridized carbons (Fsp3) is 0.250. The second-order valence-electron chi connectivity index (χ2n) is 5.18. The minimum Gasteiger partial charge on any atom is -0.495 e. The van der Waals surface area contributed by atoms with Crippen molar-refractivity contribution in [2.75, 3.05) is 12.4 Å². The van der Waals surface area contributed by atoms with Crippen LogP contribution in [0.2, 0.25) is 0 Å². The highest BCUT2D eigenvalue weighted by molar-refractivity contribution is 5.98. The predicted molar refractivity (Wildman–Crippen MR) is 88.6 cm³/mol. The highest BCUT2D eigenvalue weighted by Gasteiger charge is 2.22. The van der Waals surface area contributed by atoms with E-state index in [9.17, 15) is 19.7 Å². The van der Waals surface area contributed by atoms with E-state index in [0.717, 1.165) is 0 Å². The highest BCUT2D eigenvalue weighted by Crippen LogP contribution is 2.29. The predicted octanol–water partition coefficient (Wildman–Crippen LogP) is 2.13. The number of methoxy groups -OCH3 is 1. The number of aromatic nitrogens is 1. The van der Waals surface area contributed by atoms with Crippen LogP contribution in [0, 0.1) is 10.1 Å². The average molecular weight is 347 g/mol. The fourth-order valence-corrected chi connectivity index (χ4v) is 2.09. The SMILES string of the molecule is COc1ccc([N+](=O)[O-])cc1NC(=O)[C@@H](C)OC(=O)c1cccn1C. The summed E-state index contributed by atoms with van der Waals surface area (Å²) in [6, 6.07) is 7.04. The smallest absolute Gasteiger partial charge is 0.355 e. The van der Waals surface area contributed by atoms with Crippen LogP contribution >= 0.6 is 0 Å². The number of anilines is 1. The molecular formula is C16H17N3O6. The summed E-state index contributed by atoms with van der Waals surface area (Å²) in [6.45, 7) is 1.40. The van der Waals surface area contributed by atoms with Crippen LogP contribution in [0.1, 0.15) is 17.4 Å². The van der Waals surface area contributed by atoms with E-state index in [2.05, 4.69) is 5.32 Å². The van der Waals surface area contributed by atoms with E-state index in [1.165, 1.54) is 32.2 Å².